The highest BCUT2D eigenvalue weighted by Gasteiger charge is 2.27. The number of aryl methyl sites for hydroxylation is 1. The molecule has 1 unspecified atom stereocenters. The molecule has 0 fully saturated rings. The van der Waals surface area contributed by atoms with E-state index in [1.165, 1.54) is 32.5 Å². The quantitative estimate of drug-likeness (QED) is 0.324. The van der Waals surface area contributed by atoms with Crippen molar-refractivity contribution < 1.29 is 14.2 Å². The van der Waals surface area contributed by atoms with E-state index in [9.17, 15) is 0 Å². The monoisotopic (exact) mass is 495 g/mol. The molecule has 0 aliphatic heterocycles. The van der Waals surface area contributed by atoms with Gasteiger partial charge in [-0.1, -0.05) is 6.07 Å². The van der Waals surface area contributed by atoms with Crippen LogP contribution in [0.5, 0.6) is 11.8 Å². The fraction of sp³-hybridized carbons (Fsp3) is 0.318. The third-order valence-corrected chi connectivity index (χ3v) is 5.91. The Bertz CT molecular complexity index is 1230. The highest BCUT2D eigenvalue weighted by atomic mass is 32.2. The van der Waals surface area contributed by atoms with Crippen molar-refractivity contribution >= 4 is 17.9 Å². The summed E-state index contributed by atoms with van der Waals surface area (Å²) >= 11 is 1.38. The number of ether oxygens (including phenoxy) is 3. The van der Waals surface area contributed by atoms with Crippen molar-refractivity contribution in [2.24, 2.45) is 0 Å². The van der Waals surface area contributed by atoms with Gasteiger partial charge in [-0.2, -0.15) is 9.97 Å². The van der Waals surface area contributed by atoms with E-state index in [1.54, 1.807) is 30.3 Å². The van der Waals surface area contributed by atoms with E-state index in [0.29, 0.717) is 29.0 Å². The Morgan fingerprint density at radius 1 is 0.943 bits per heavy atom. The lowest BCUT2D eigenvalue weighted by atomic mass is 10.2. The molecule has 4 aromatic rings. The average molecular weight is 496 g/mol. The Morgan fingerprint density at radius 3 is 2.26 bits per heavy atom. The van der Waals surface area contributed by atoms with Crippen molar-refractivity contribution in [2.75, 3.05) is 26.1 Å². The molecular weight excluding hydrogens is 470 g/mol. The van der Waals surface area contributed by atoms with Gasteiger partial charge in [0.15, 0.2) is 17.3 Å². The minimum Gasteiger partial charge on any atom is -0.479 e. The van der Waals surface area contributed by atoms with Crippen LogP contribution in [0.25, 0.3) is 17.2 Å². The number of methoxy groups -OCH3 is 3. The number of rotatable bonds is 10. The van der Waals surface area contributed by atoms with E-state index in [4.69, 9.17) is 14.2 Å². The minimum absolute atomic E-state index is 0.0954. The Balaban J connectivity index is 1.71. The molecule has 0 saturated heterocycles. The molecule has 35 heavy (non-hydrogen) atoms. The Morgan fingerprint density at radius 2 is 1.66 bits per heavy atom. The molecule has 4 heterocycles. The number of nitrogens with one attached hydrogen (secondary N) is 1. The first-order valence-electron chi connectivity index (χ1n) is 10.6. The van der Waals surface area contributed by atoms with Crippen LogP contribution in [0.2, 0.25) is 0 Å². The second-order valence-electron chi connectivity index (χ2n) is 7.34. The van der Waals surface area contributed by atoms with Gasteiger partial charge in [-0.3, -0.25) is 9.71 Å². The van der Waals surface area contributed by atoms with E-state index >= 15 is 0 Å². The number of hydrogen-bond acceptors (Lipinski definition) is 12. The standard InChI is InChI=1S/C22H25N9O3S/c1-13-10-24-18(25-11-13)17(32-3)14(2)35-30-22-29-28-19(15-8-6-7-9-23-15)31(22)16-20(33-4)26-12-27-21(16)34-5/h6-12,14,17H,1-5H3,(H,29,30)/t14-,17?/m0/s1. The summed E-state index contributed by atoms with van der Waals surface area (Å²) in [7, 11) is 4.67. The van der Waals surface area contributed by atoms with Crippen molar-refractivity contribution in [1.29, 1.82) is 0 Å². The van der Waals surface area contributed by atoms with Crippen LogP contribution in [0.4, 0.5) is 5.95 Å². The predicted molar refractivity (Wildman–Crippen MR) is 130 cm³/mol. The van der Waals surface area contributed by atoms with Crippen molar-refractivity contribution in [3.05, 3.63) is 54.5 Å². The lowest BCUT2D eigenvalue weighted by molar-refractivity contribution is 0.0972. The lowest BCUT2D eigenvalue weighted by Gasteiger charge is -2.21. The van der Waals surface area contributed by atoms with Gasteiger partial charge < -0.3 is 14.2 Å². The zero-order valence-electron chi connectivity index (χ0n) is 19.9. The maximum Gasteiger partial charge on any atom is 0.245 e. The van der Waals surface area contributed by atoms with E-state index in [-0.39, 0.29) is 23.1 Å². The van der Waals surface area contributed by atoms with Crippen LogP contribution in [0.15, 0.2) is 43.1 Å². The van der Waals surface area contributed by atoms with Gasteiger partial charge in [0.1, 0.15) is 18.1 Å². The molecule has 0 aliphatic rings. The first-order valence-corrected chi connectivity index (χ1v) is 11.5. The van der Waals surface area contributed by atoms with E-state index in [0.717, 1.165) is 5.56 Å². The second kappa shape index (κ2) is 11.1. The zero-order chi connectivity index (χ0) is 24.8. The summed E-state index contributed by atoms with van der Waals surface area (Å²) in [5, 5.41) is 8.64. The molecule has 182 valence electrons. The van der Waals surface area contributed by atoms with Crippen molar-refractivity contribution in [3.8, 4) is 29.0 Å². The van der Waals surface area contributed by atoms with Crippen molar-refractivity contribution in [2.45, 2.75) is 25.2 Å². The molecule has 0 aliphatic carbocycles. The van der Waals surface area contributed by atoms with Crippen LogP contribution >= 0.6 is 11.9 Å². The summed E-state index contributed by atoms with van der Waals surface area (Å²) in [6, 6.07) is 5.52. The summed E-state index contributed by atoms with van der Waals surface area (Å²) < 4.78 is 21.7. The van der Waals surface area contributed by atoms with Crippen LogP contribution in [-0.2, 0) is 4.74 Å². The Labute approximate surface area is 206 Å². The minimum atomic E-state index is -0.358. The third-order valence-electron chi connectivity index (χ3n) is 4.99. The van der Waals surface area contributed by atoms with E-state index in [2.05, 4.69) is 39.8 Å². The van der Waals surface area contributed by atoms with Crippen LogP contribution < -0.4 is 14.2 Å². The van der Waals surface area contributed by atoms with Gasteiger partial charge in [0.2, 0.25) is 17.7 Å². The molecule has 13 heteroatoms. The second-order valence-corrected chi connectivity index (χ2v) is 8.52. The molecule has 0 amide bonds. The van der Waals surface area contributed by atoms with Crippen LogP contribution in [0.3, 0.4) is 0 Å². The molecular formula is C22H25N9O3S. The molecule has 0 spiro atoms. The normalized spacial score (nSPS) is 12.7. The molecule has 4 aromatic heterocycles. The topological polar surface area (TPSA) is 135 Å². The van der Waals surface area contributed by atoms with Crippen LogP contribution in [0.1, 0.15) is 24.4 Å². The number of aromatic nitrogens is 8. The fourth-order valence-corrected chi connectivity index (χ4v) is 4.10. The van der Waals surface area contributed by atoms with Gasteiger partial charge in [0, 0.05) is 25.7 Å². The summed E-state index contributed by atoms with van der Waals surface area (Å²) in [6.07, 6.45) is 6.22. The van der Waals surface area contributed by atoms with Gasteiger partial charge in [-0.15, -0.1) is 10.2 Å². The van der Waals surface area contributed by atoms with Crippen LogP contribution in [-0.4, -0.2) is 66.3 Å². The van der Waals surface area contributed by atoms with E-state index < -0.39 is 0 Å². The summed E-state index contributed by atoms with van der Waals surface area (Å²) in [6.45, 7) is 3.94. The number of anilines is 1. The van der Waals surface area contributed by atoms with Gasteiger partial charge >= 0.3 is 0 Å². The number of pyridine rings is 1. The zero-order valence-corrected chi connectivity index (χ0v) is 20.7. The SMILES string of the molecule is COc1ncnc(OC)c1-n1c(NS[C@@H](C)C(OC)c2ncc(C)cn2)nnc1-c1ccccn1. The van der Waals surface area contributed by atoms with Gasteiger partial charge in [0.05, 0.1) is 19.5 Å². The summed E-state index contributed by atoms with van der Waals surface area (Å²) in [5.74, 6) is 2.03. The highest BCUT2D eigenvalue weighted by molar-refractivity contribution is 8.01. The van der Waals surface area contributed by atoms with E-state index in [1.807, 2.05) is 32.0 Å². The molecule has 0 radical (unpaired) electrons. The predicted octanol–water partition coefficient (Wildman–Crippen LogP) is 3.07. The molecule has 0 bridgehead atoms. The maximum atomic E-state index is 5.69. The van der Waals surface area contributed by atoms with Gasteiger partial charge in [0.25, 0.3) is 0 Å². The molecule has 0 aromatic carbocycles. The smallest absolute Gasteiger partial charge is 0.245 e. The fourth-order valence-electron chi connectivity index (χ4n) is 3.32. The first-order chi connectivity index (χ1) is 17.1. The largest absolute Gasteiger partial charge is 0.479 e. The van der Waals surface area contributed by atoms with Crippen molar-refractivity contribution in [1.82, 2.24) is 39.7 Å². The molecule has 4 rings (SSSR count). The Hall–Kier alpha value is -3.84. The summed E-state index contributed by atoms with van der Waals surface area (Å²) in [5.41, 5.74) is 2.01. The average Bonchev–Trinajstić information content (AvgIpc) is 3.32. The van der Waals surface area contributed by atoms with Crippen LogP contribution in [0, 0.1) is 6.92 Å². The summed E-state index contributed by atoms with van der Waals surface area (Å²) in [4.78, 5) is 21.7. The molecule has 0 saturated carbocycles. The molecule has 1 N–H and O–H groups in total. The number of hydrogen-bond donors (Lipinski definition) is 1. The maximum absolute atomic E-state index is 5.69. The van der Waals surface area contributed by atoms with Gasteiger partial charge in [-0.25, -0.2) is 14.5 Å². The molecule has 12 nitrogen and oxygen atoms in total. The van der Waals surface area contributed by atoms with Gasteiger partial charge in [-0.05, 0) is 43.5 Å². The third kappa shape index (κ3) is 5.15. The lowest BCUT2D eigenvalue weighted by Crippen LogP contribution is -2.19. The highest BCUT2D eigenvalue weighted by Crippen LogP contribution is 2.36. The number of nitrogens with zero attached hydrogens (tertiary/aromatic N) is 8. The Kier molecular flexibility index (Phi) is 7.67. The molecule has 2 atom stereocenters. The first kappa shape index (κ1) is 24.3. The van der Waals surface area contributed by atoms with Crippen molar-refractivity contribution in [3.63, 3.8) is 0 Å².